The summed E-state index contributed by atoms with van der Waals surface area (Å²) in [7, 11) is 1.17. The van der Waals surface area contributed by atoms with Crippen LogP contribution in [0.5, 0.6) is 0 Å². The van der Waals surface area contributed by atoms with Crippen LogP contribution in [-0.4, -0.2) is 70.0 Å². The van der Waals surface area contributed by atoms with Gasteiger partial charge in [-0.2, -0.15) is 0 Å². The van der Waals surface area contributed by atoms with Crippen molar-refractivity contribution in [3.05, 3.63) is 0 Å². The lowest BCUT2D eigenvalue weighted by atomic mass is 10.1. The number of hydrogen-bond donors (Lipinski definition) is 0. The van der Waals surface area contributed by atoms with Crippen molar-refractivity contribution >= 4 is 19.8 Å². The smallest absolute Gasteiger partial charge is 0.306 e. The van der Waals surface area contributed by atoms with E-state index in [4.69, 9.17) is 18.5 Å². The number of phosphoric ester groups is 1. The van der Waals surface area contributed by atoms with E-state index in [9.17, 15) is 19.0 Å². The molecule has 0 radical (unpaired) electrons. The summed E-state index contributed by atoms with van der Waals surface area (Å²) in [4.78, 5) is 36.7. The fraction of sp³-hybridized carbons (Fsp3) is 0.931. The van der Waals surface area contributed by atoms with Crippen LogP contribution >= 0.6 is 7.82 Å². The Bertz CT molecular complexity index is 668. The number of likely N-dealkylation sites (N-methyl/N-ethyl adjacent to an activating group) is 1. The molecular weight excluding hydrogens is 521 g/mol. The van der Waals surface area contributed by atoms with E-state index in [0.29, 0.717) is 17.4 Å². The lowest BCUT2D eigenvalue weighted by Gasteiger charge is -2.28. The van der Waals surface area contributed by atoms with Crippen molar-refractivity contribution in [3.8, 4) is 0 Å². The highest BCUT2D eigenvalue weighted by molar-refractivity contribution is 7.45. The summed E-state index contributed by atoms with van der Waals surface area (Å²) in [5.41, 5.74) is 0. The van der Waals surface area contributed by atoms with E-state index in [1.54, 1.807) is 0 Å². The number of ether oxygens (including phenoxy) is 2. The van der Waals surface area contributed by atoms with Crippen molar-refractivity contribution in [2.75, 3.05) is 47.5 Å². The third-order valence-corrected chi connectivity index (χ3v) is 7.34. The molecule has 0 heterocycles. The van der Waals surface area contributed by atoms with Crippen molar-refractivity contribution in [3.63, 3.8) is 0 Å². The van der Waals surface area contributed by atoms with Crippen molar-refractivity contribution in [1.29, 1.82) is 0 Å². The molecule has 0 spiro atoms. The second kappa shape index (κ2) is 23.7. The predicted octanol–water partition coefficient (Wildman–Crippen LogP) is 6.32. The van der Waals surface area contributed by atoms with Gasteiger partial charge in [-0.25, -0.2) is 0 Å². The van der Waals surface area contributed by atoms with Crippen LogP contribution in [0.15, 0.2) is 0 Å². The minimum absolute atomic E-state index is 0.0273. The molecule has 10 heteroatoms. The van der Waals surface area contributed by atoms with Crippen LogP contribution in [0, 0.1) is 0 Å². The molecule has 0 saturated heterocycles. The second-order valence-electron chi connectivity index (χ2n) is 11.5. The first-order valence-electron chi connectivity index (χ1n) is 15.2. The van der Waals surface area contributed by atoms with E-state index in [2.05, 4.69) is 13.8 Å². The van der Waals surface area contributed by atoms with E-state index in [-0.39, 0.29) is 26.1 Å². The molecule has 39 heavy (non-hydrogen) atoms. The number of rotatable bonds is 27. The van der Waals surface area contributed by atoms with Gasteiger partial charge in [-0.05, 0) is 12.8 Å². The molecule has 9 nitrogen and oxygen atoms in total. The van der Waals surface area contributed by atoms with E-state index in [1.807, 2.05) is 21.1 Å². The minimum atomic E-state index is -4.59. The van der Waals surface area contributed by atoms with Crippen molar-refractivity contribution in [1.82, 2.24) is 0 Å². The Kier molecular flexibility index (Phi) is 23.1. The third-order valence-electron chi connectivity index (χ3n) is 6.38. The topological polar surface area (TPSA) is 111 Å². The molecule has 0 rings (SSSR count). The molecule has 0 bridgehead atoms. The number of carbonyl (C=O) groups excluding carboxylic acids is 2. The van der Waals surface area contributed by atoms with Gasteiger partial charge >= 0.3 is 11.9 Å². The summed E-state index contributed by atoms with van der Waals surface area (Å²) in [6.45, 7) is 4.08. The molecule has 0 aliphatic carbocycles. The number of quaternary nitrogens is 1. The zero-order valence-electron chi connectivity index (χ0n) is 25.6. The summed E-state index contributed by atoms with van der Waals surface area (Å²) >= 11 is 0. The van der Waals surface area contributed by atoms with Crippen LogP contribution in [0.1, 0.15) is 123 Å². The third kappa shape index (κ3) is 27.0. The summed E-state index contributed by atoms with van der Waals surface area (Å²) in [6, 6.07) is 0. The second-order valence-corrected chi connectivity index (χ2v) is 12.9. The Hall–Kier alpha value is -0.990. The Labute approximate surface area is 238 Å². The zero-order chi connectivity index (χ0) is 29.4. The lowest BCUT2D eigenvalue weighted by Crippen LogP contribution is -2.37. The van der Waals surface area contributed by atoms with E-state index in [0.717, 1.165) is 44.9 Å². The zero-order valence-corrected chi connectivity index (χ0v) is 26.5. The molecule has 0 aliphatic rings. The fourth-order valence-electron chi connectivity index (χ4n) is 3.89. The van der Waals surface area contributed by atoms with E-state index < -0.39 is 32.5 Å². The van der Waals surface area contributed by atoms with Gasteiger partial charge in [0.25, 0.3) is 7.82 Å². The summed E-state index contributed by atoms with van der Waals surface area (Å²) < 4.78 is 33.3. The molecule has 0 amide bonds. The fourth-order valence-corrected chi connectivity index (χ4v) is 4.62. The predicted molar refractivity (Wildman–Crippen MR) is 153 cm³/mol. The first kappa shape index (κ1) is 38.0. The van der Waals surface area contributed by atoms with Crippen molar-refractivity contribution < 1.29 is 42.1 Å². The normalized spacial score (nSPS) is 14.1. The van der Waals surface area contributed by atoms with Gasteiger partial charge in [0.1, 0.15) is 19.8 Å². The Morgan fingerprint density at radius 1 is 0.692 bits per heavy atom. The Balaban J connectivity index is 4.52. The highest BCUT2D eigenvalue weighted by Gasteiger charge is 2.21. The van der Waals surface area contributed by atoms with Crippen molar-refractivity contribution in [2.24, 2.45) is 0 Å². The van der Waals surface area contributed by atoms with Crippen LogP contribution in [0.4, 0.5) is 0 Å². The highest BCUT2D eigenvalue weighted by Crippen LogP contribution is 2.38. The lowest BCUT2D eigenvalue weighted by molar-refractivity contribution is -0.870. The van der Waals surface area contributed by atoms with Crippen LogP contribution < -0.4 is 4.89 Å². The molecule has 2 unspecified atom stereocenters. The number of phosphoric acid groups is 1. The molecular formula is C29H58NO8P. The first-order valence-corrected chi connectivity index (χ1v) is 16.7. The maximum Gasteiger partial charge on any atom is 0.306 e. The standard InChI is InChI=1S/C29H58NO8P/c1-6-8-10-12-13-14-15-16-18-20-22-29(32)38-27(25-35-28(31)21-19-17-11-9-7-2)26-37-39(33,34)36-24-23-30(3,4)5/h27H,6-26H2,1-5H3. The van der Waals surface area contributed by atoms with Gasteiger partial charge in [-0.15, -0.1) is 0 Å². The number of unbranched alkanes of at least 4 members (excludes halogenated alkanes) is 13. The molecule has 0 aliphatic heterocycles. The number of carbonyl (C=O) groups is 2. The summed E-state index contributed by atoms with van der Waals surface area (Å²) in [5.74, 6) is -0.850. The molecule has 2 atom stereocenters. The average molecular weight is 580 g/mol. The molecule has 0 N–H and O–H groups in total. The molecule has 0 saturated carbocycles. The summed E-state index contributed by atoms with van der Waals surface area (Å²) in [5, 5.41) is 0. The first-order chi connectivity index (χ1) is 18.5. The number of hydrogen-bond acceptors (Lipinski definition) is 8. The monoisotopic (exact) mass is 579 g/mol. The van der Waals surface area contributed by atoms with Gasteiger partial charge in [0, 0.05) is 12.8 Å². The quantitative estimate of drug-likeness (QED) is 0.0481. The Morgan fingerprint density at radius 3 is 1.64 bits per heavy atom. The highest BCUT2D eigenvalue weighted by atomic mass is 31.2. The molecule has 0 aromatic rings. The van der Waals surface area contributed by atoms with E-state index >= 15 is 0 Å². The van der Waals surface area contributed by atoms with Crippen LogP contribution in [0.25, 0.3) is 0 Å². The van der Waals surface area contributed by atoms with Gasteiger partial charge in [0.05, 0.1) is 27.7 Å². The summed E-state index contributed by atoms with van der Waals surface area (Å²) in [6.07, 6.45) is 16.0. The SMILES string of the molecule is CCCCCCCCCCCCC(=O)OC(COC(=O)CCCCCCC)COP(=O)([O-])OCC[N+](C)(C)C. The van der Waals surface area contributed by atoms with E-state index in [1.165, 1.54) is 44.9 Å². The molecule has 232 valence electrons. The van der Waals surface area contributed by atoms with Gasteiger partial charge in [0.2, 0.25) is 0 Å². The number of esters is 2. The van der Waals surface area contributed by atoms with Crippen LogP contribution in [-0.2, 0) is 32.7 Å². The van der Waals surface area contributed by atoms with Gasteiger partial charge in [-0.1, -0.05) is 97.3 Å². The maximum absolute atomic E-state index is 12.4. The van der Waals surface area contributed by atoms with Gasteiger partial charge in [-0.3, -0.25) is 14.2 Å². The van der Waals surface area contributed by atoms with Gasteiger partial charge in [0.15, 0.2) is 6.10 Å². The maximum atomic E-state index is 12.4. The van der Waals surface area contributed by atoms with Crippen LogP contribution in [0.2, 0.25) is 0 Å². The largest absolute Gasteiger partial charge is 0.756 e. The number of nitrogens with zero attached hydrogens (tertiary/aromatic N) is 1. The van der Waals surface area contributed by atoms with Crippen LogP contribution in [0.3, 0.4) is 0 Å². The van der Waals surface area contributed by atoms with Crippen molar-refractivity contribution in [2.45, 2.75) is 129 Å². The molecule has 0 fully saturated rings. The molecule has 0 aromatic carbocycles. The average Bonchev–Trinajstić information content (AvgIpc) is 2.85. The molecule has 0 aromatic heterocycles. The Morgan fingerprint density at radius 2 is 1.15 bits per heavy atom. The van der Waals surface area contributed by atoms with Gasteiger partial charge < -0.3 is 27.9 Å². The minimum Gasteiger partial charge on any atom is -0.756 e.